The van der Waals surface area contributed by atoms with E-state index >= 15 is 0 Å². The minimum Gasteiger partial charge on any atom is -0.359 e. The molecule has 3 rings (SSSR count). The van der Waals surface area contributed by atoms with Gasteiger partial charge in [0.25, 0.3) is 0 Å². The van der Waals surface area contributed by atoms with Crippen LogP contribution in [0.1, 0.15) is 19.3 Å². The van der Waals surface area contributed by atoms with Gasteiger partial charge in [0, 0.05) is 32.4 Å². The van der Waals surface area contributed by atoms with Crippen LogP contribution in [0.4, 0.5) is 5.82 Å². The molecule has 1 aliphatic heterocycles. The number of amides is 1. The molecule has 1 fully saturated rings. The fourth-order valence-electron chi connectivity index (χ4n) is 2.85. The van der Waals surface area contributed by atoms with Gasteiger partial charge in [-0.2, -0.15) is 5.26 Å². The minimum atomic E-state index is -0.0588. The average Bonchev–Trinajstić information content (AvgIpc) is 2.94. The third-order valence-electron chi connectivity index (χ3n) is 4.19. The molecule has 7 heteroatoms. The molecule has 0 unspecified atom stereocenters. The number of nitriles is 1. The summed E-state index contributed by atoms with van der Waals surface area (Å²) in [4.78, 5) is 27.3. The number of carbonyl (C=O) groups excluding carboxylic acids is 1. The Morgan fingerprint density at radius 1 is 1.59 bits per heavy atom. The molecule has 114 valence electrons. The Kier molecular flexibility index (Phi) is 3.92. The van der Waals surface area contributed by atoms with Crippen LogP contribution in [-0.4, -0.2) is 51.9 Å². The first-order chi connectivity index (χ1) is 10.7. The minimum absolute atomic E-state index is 0.0256. The fraction of sp³-hybridized carbons (Fsp3) is 0.467. The Morgan fingerprint density at radius 2 is 2.45 bits per heavy atom. The van der Waals surface area contributed by atoms with Crippen LogP contribution in [0, 0.1) is 11.3 Å². The van der Waals surface area contributed by atoms with E-state index in [9.17, 15) is 4.79 Å². The normalized spacial score (nSPS) is 17.1. The number of nitrogens with one attached hydrogen (secondary N) is 1. The SMILES string of the molecule is CN(CC[C@@H]1CCN1C(=O)CC#N)c1ncnc2[nH]ccc12. The first-order valence-corrected chi connectivity index (χ1v) is 7.36. The van der Waals surface area contributed by atoms with E-state index < -0.39 is 0 Å². The Hall–Kier alpha value is -2.62. The molecular weight excluding hydrogens is 280 g/mol. The number of H-pyrrole nitrogens is 1. The monoisotopic (exact) mass is 298 g/mol. The molecule has 1 amide bonds. The molecule has 0 aromatic carbocycles. The Balaban J connectivity index is 1.61. The van der Waals surface area contributed by atoms with Crippen LogP contribution in [0.2, 0.25) is 0 Å². The van der Waals surface area contributed by atoms with E-state index in [2.05, 4.69) is 19.9 Å². The van der Waals surface area contributed by atoms with Gasteiger partial charge in [0.05, 0.1) is 11.5 Å². The lowest BCUT2D eigenvalue weighted by Gasteiger charge is -2.41. The molecule has 0 bridgehead atoms. The zero-order valence-corrected chi connectivity index (χ0v) is 12.5. The molecule has 1 saturated heterocycles. The maximum Gasteiger partial charge on any atom is 0.237 e. The lowest BCUT2D eigenvalue weighted by molar-refractivity contribution is -0.137. The van der Waals surface area contributed by atoms with Gasteiger partial charge in [-0.3, -0.25) is 4.79 Å². The highest BCUT2D eigenvalue weighted by molar-refractivity contribution is 5.87. The molecule has 1 aliphatic rings. The number of nitrogens with zero attached hydrogens (tertiary/aromatic N) is 5. The van der Waals surface area contributed by atoms with Gasteiger partial charge in [-0.15, -0.1) is 0 Å². The molecule has 0 radical (unpaired) electrons. The van der Waals surface area contributed by atoms with E-state index in [1.807, 2.05) is 30.3 Å². The molecule has 0 saturated carbocycles. The molecule has 2 aromatic rings. The predicted molar refractivity (Wildman–Crippen MR) is 82.1 cm³/mol. The molecule has 1 N–H and O–H groups in total. The summed E-state index contributed by atoms with van der Waals surface area (Å²) in [6, 6.07) is 4.13. The maximum atomic E-state index is 11.8. The Bertz CT molecular complexity index is 718. The number of fused-ring (bicyclic) bond motifs is 1. The van der Waals surface area contributed by atoms with Crippen molar-refractivity contribution in [3.05, 3.63) is 18.6 Å². The zero-order chi connectivity index (χ0) is 15.5. The van der Waals surface area contributed by atoms with Crippen molar-refractivity contribution in [3.63, 3.8) is 0 Å². The van der Waals surface area contributed by atoms with Crippen LogP contribution in [-0.2, 0) is 4.79 Å². The Morgan fingerprint density at radius 3 is 3.18 bits per heavy atom. The first kappa shape index (κ1) is 14.3. The summed E-state index contributed by atoms with van der Waals surface area (Å²) in [5, 5.41) is 9.61. The van der Waals surface area contributed by atoms with Gasteiger partial charge in [-0.1, -0.05) is 0 Å². The summed E-state index contributed by atoms with van der Waals surface area (Å²) >= 11 is 0. The highest BCUT2D eigenvalue weighted by Gasteiger charge is 2.31. The maximum absolute atomic E-state index is 11.8. The summed E-state index contributed by atoms with van der Waals surface area (Å²) in [7, 11) is 1.99. The van der Waals surface area contributed by atoms with E-state index in [4.69, 9.17) is 5.26 Å². The van der Waals surface area contributed by atoms with Gasteiger partial charge in [0.15, 0.2) is 0 Å². The lowest BCUT2D eigenvalue weighted by atomic mass is 9.99. The number of aromatic nitrogens is 3. The summed E-state index contributed by atoms with van der Waals surface area (Å²) in [6.07, 6.45) is 5.27. The van der Waals surface area contributed by atoms with Crippen LogP contribution in [0.25, 0.3) is 11.0 Å². The van der Waals surface area contributed by atoms with E-state index in [-0.39, 0.29) is 18.4 Å². The number of carbonyl (C=O) groups is 1. The topological polar surface area (TPSA) is 88.9 Å². The molecular formula is C15H18N6O. The molecule has 1 atom stereocenters. The predicted octanol–water partition coefficient (Wildman–Crippen LogP) is 1.30. The third kappa shape index (κ3) is 2.60. The molecule has 0 spiro atoms. The number of rotatable bonds is 5. The smallest absolute Gasteiger partial charge is 0.237 e. The standard InChI is InChI=1S/C15H18N6O/c1-20(15-12-3-7-17-14(12)18-10-19-15)8-4-11-5-9-21(11)13(22)2-6-16/h3,7,10-11H,2,4-5,8-9H2,1H3,(H,17,18,19)/t11-/m1/s1. The third-order valence-corrected chi connectivity index (χ3v) is 4.19. The van der Waals surface area contributed by atoms with Crippen molar-refractivity contribution in [1.82, 2.24) is 19.9 Å². The second-order valence-corrected chi connectivity index (χ2v) is 5.51. The van der Waals surface area contributed by atoms with E-state index in [0.717, 1.165) is 42.8 Å². The summed E-state index contributed by atoms with van der Waals surface area (Å²) in [5.74, 6) is 0.830. The summed E-state index contributed by atoms with van der Waals surface area (Å²) in [5.41, 5.74) is 0.825. The quantitative estimate of drug-likeness (QED) is 0.898. The van der Waals surface area contributed by atoms with Crippen molar-refractivity contribution in [2.75, 3.05) is 25.0 Å². The number of aromatic amines is 1. The largest absolute Gasteiger partial charge is 0.359 e. The van der Waals surface area contributed by atoms with Crippen LogP contribution >= 0.6 is 0 Å². The second kappa shape index (κ2) is 6.02. The van der Waals surface area contributed by atoms with E-state index in [1.54, 1.807) is 6.33 Å². The average molecular weight is 298 g/mol. The van der Waals surface area contributed by atoms with Crippen molar-refractivity contribution < 1.29 is 4.79 Å². The van der Waals surface area contributed by atoms with Gasteiger partial charge in [0.2, 0.25) is 5.91 Å². The van der Waals surface area contributed by atoms with Gasteiger partial charge < -0.3 is 14.8 Å². The summed E-state index contributed by atoms with van der Waals surface area (Å²) < 4.78 is 0. The molecule has 22 heavy (non-hydrogen) atoms. The van der Waals surface area contributed by atoms with Crippen molar-refractivity contribution in [1.29, 1.82) is 5.26 Å². The van der Waals surface area contributed by atoms with Crippen LogP contribution < -0.4 is 4.90 Å². The van der Waals surface area contributed by atoms with Crippen molar-refractivity contribution in [2.45, 2.75) is 25.3 Å². The van der Waals surface area contributed by atoms with E-state index in [1.165, 1.54) is 0 Å². The second-order valence-electron chi connectivity index (χ2n) is 5.51. The number of anilines is 1. The Labute approximate surface area is 128 Å². The number of hydrogen-bond donors (Lipinski definition) is 1. The van der Waals surface area contributed by atoms with Gasteiger partial charge in [-0.05, 0) is 18.9 Å². The van der Waals surface area contributed by atoms with Gasteiger partial charge >= 0.3 is 0 Å². The number of hydrogen-bond acceptors (Lipinski definition) is 5. The molecule has 2 aromatic heterocycles. The lowest BCUT2D eigenvalue weighted by Crippen LogP contribution is -2.52. The highest BCUT2D eigenvalue weighted by Crippen LogP contribution is 2.24. The zero-order valence-electron chi connectivity index (χ0n) is 12.5. The molecule has 0 aliphatic carbocycles. The van der Waals surface area contributed by atoms with Crippen LogP contribution in [0.15, 0.2) is 18.6 Å². The first-order valence-electron chi connectivity index (χ1n) is 7.36. The van der Waals surface area contributed by atoms with Crippen LogP contribution in [0.3, 0.4) is 0 Å². The van der Waals surface area contributed by atoms with Crippen molar-refractivity contribution >= 4 is 22.8 Å². The van der Waals surface area contributed by atoms with Crippen LogP contribution in [0.5, 0.6) is 0 Å². The van der Waals surface area contributed by atoms with E-state index in [0.29, 0.717) is 0 Å². The number of likely N-dealkylation sites (tertiary alicyclic amines) is 1. The van der Waals surface area contributed by atoms with Crippen molar-refractivity contribution in [2.24, 2.45) is 0 Å². The molecule has 7 nitrogen and oxygen atoms in total. The fourth-order valence-corrected chi connectivity index (χ4v) is 2.85. The van der Waals surface area contributed by atoms with Gasteiger partial charge in [0.1, 0.15) is 24.2 Å². The highest BCUT2D eigenvalue weighted by atomic mass is 16.2. The molecule has 3 heterocycles. The summed E-state index contributed by atoms with van der Waals surface area (Å²) in [6.45, 7) is 1.57. The van der Waals surface area contributed by atoms with Crippen molar-refractivity contribution in [3.8, 4) is 6.07 Å². The van der Waals surface area contributed by atoms with Gasteiger partial charge in [-0.25, -0.2) is 9.97 Å².